The Morgan fingerprint density at radius 2 is 1.50 bits per heavy atom. The average molecular weight is 308 g/mol. The number of nitrogens with one attached hydrogen (secondary N) is 2. The fourth-order valence-corrected chi connectivity index (χ4v) is 3.65. The van der Waals surface area contributed by atoms with Crippen LogP contribution in [0.4, 0.5) is 0 Å². The van der Waals surface area contributed by atoms with Gasteiger partial charge in [0.15, 0.2) is 0 Å². The van der Waals surface area contributed by atoms with Gasteiger partial charge in [0.2, 0.25) is 11.8 Å². The highest BCUT2D eigenvalue weighted by Gasteiger charge is 2.36. The molecule has 1 saturated heterocycles. The van der Waals surface area contributed by atoms with Crippen LogP contribution in [0.15, 0.2) is 0 Å². The highest BCUT2D eigenvalue weighted by Crippen LogP contribution is 2.38. The van der Waals surface area contributed by atoms with E-state index in [0.717, 1.165) is 38.2 Å². The molecule has 2 N–H and O–H groups in total. The lowest BCUT2D eigenvalue weighted by molar-refractivity contribution is -0.127. The molecule has 5 nitrogen and oxygen atoms in total. The van der Waals surface area contributed by atoms with Crippen molar-refractivity contribution in [3.8, 4) is 0 Å². The molecule has 0 radical (unpaired) electrons. The first-order valence-electron chi connectivity index (χ1n) is 8.91. The zero-order valence-electron chi connectivity index (χ0n) is 13.3. The largest absolute Gasteiger partial charge is 0.378 e. The summed E-state index contributed by atoms with van der Waals surface area (Å²) in [5.74, 6) is 0.741. The topological polar surface area (TPSA) is 67.4 Å². The van der Waals surface area contributed by atoms with E-state index in [1.54, 1.807) is 0 Å². The molecule has 0 aromatic rings. The van der Waals surface area contributed by atoms with Gasteiger partial charge < -0.3 is 15.4 Å². The van der Waals surface area contributed by atoms with E-state index < -0.39 is 0 Å². The van der Waals surface area contributed by atoms with Crippen molar-refractivity contribution < 1.29 is 14.3 Å². The zero-order valence-corrected chi connectivity index (χ0v) is 13.3. The predicted octanol–water partition coefficient (Wildman–Crippen LogP) is 1.90. The Labute approximate surface area is 132 Å². The monoisotopic (exact) mass is 308 g/mol. The third-order valence-electron chi connectivity index (χ3n) is 5.13. The van der Waals surface area contributed by atoms with Crippen LogP contribution in [0.3, 0.4) is 0 Å². The Hall–Kier alpha value is -1.10. The van der Waals surface area contributed by atoms with Gasteiger partial charge in [0.25, 0.3) is 0 Å². The normalized spacial score (nSPS) is 29.3. The van der Waals surface area contributed by atoms with Crippen molar-refractivity contribution in [3.63, 3.8) is 0 Å². The smallest absolute Gasteiger partial charge is 0.220 e. The molecular formula is C17H28N2O3. The molecule has 5 heteroatoms. The van der Waals surface area contributed by atoms with Gasteiger partial charge in [0.05, 0.1) is 6.10 Å². The van der Waals surface area contributed by atoms with Crippen LogP contribution in [0.5, 0.6) is 0 Å². The van der Waals surface area contributed by atoms with Crippen molar-refractivity contribution in [1.29, 1.82) is 0 Å². The fourth-order valence-electron chi connectivity index (χ4n) is 3.65. The number of ether oxygens (including phenoxy) is 1. The van der Waals surface area contributed by atoms with Crippen LogP contribution >= 0.6 is 0 Å². The number of hydrogen-bond donors (Lipinski definition) is 2. The van der Waals surface area contributed by atoms with Gasteiger partial charge in [0, 0.05) is 31.5 Å². The van der Waals surface area contributed by atoms with Crippen molar-refractivity contribution in [2.24, 2.45) is 5.92 Å². The van der Waals surface area contributed by atoms with Gasteiger partial charge in [-0.05, 0) is 44.4 Å². The number of hydrogen-bond acceptors (Lipinski definition) is 3. The molecule has 0 spiro atoms. The molecule has 2 saturated carbocycles. The Balaban J connectivity index is 1.32. The van der Waals surface area contributed by atoms with Crippen LogP contribution in [-0.4, -0.2) is 36.6 Å². The summed E-state index contributed by atoms with van der Waals surface area (Å²) in [5.41, 5.74) is 0. The summed E-state index contributed by atoms with van der Waals surface area (Å²) < 4.78 is 5.77. The number of carbonyl (C=O) groups is 2. The van der Waals surface area contributed by atoms with E-state index in [0.29, 0.717) is 25.0 Å². The molecule has 2 unspecified atom stereocenters. The molecule has 124 valence electrons. The quantitative estimate of drug-likeness (QED) is 0.787. The lowest BCUT2D eigenvalue weighted by Gasteiger charge is -2.30. The van der Waals surface area contributed by atoms with Gasteiger partial charge in [-0.15, -0.1) is 0 Å². The maximum absolute atomic E-state index is 12.0. The minimum Gasteiger partial charge on any atom is -0.378 e. The van der Waals surface area contributed by atoms with Crippen LogP contribution in [0.1, 0.15) is 64.2 Å². The summed E-state index contributed by atoms with van der Waals surface area (Å²) in [4.78, 5) is 23.8. The molecule has 3 fully saturated rings. The zero-order chi connectivity index (χ0) is 15.4. The second-order valence-corrected chi connectivity index (χ2v) is 7.08. The van der Waals surface area contributed by atoms with Gasteiger partial charge in [-0.2, -0.15) is 0 Å². The average Bonchev–Trinajstić information content (AvgIpc) is 3.24. The maximum Gasteiger partial charge on any atom is 0.220 e. The van der Waals surface area contributed by atoms with Crippen molar-refractivity contribution in [2.75, 3.05) is 6.61 Å². The molecule has 3 rings (SSSR count). The Bertz CT molecular complexity index is 403. The Kier molecular flexibility index (Phi) is 5.34. The van der Waals surface area contributed by atoms with Crippen LogP contribution in [0.25, 0.3) is 0 Å². The van der Waals surface area contributed by atoms with Gasteiger partial charge in [-0.25, -0.2) is 0 Å². The van der Waals surface area contributed by atoms with E-state index in [4.69, 9.17) is 4.74 Å². The van der Waals surface area contributed by atoms with Crippen LogP contribution in [0, 0.1) is 5.92 Å². The maximum atomic E-state index is 12.0. The van der Waals surface area contributed by atoms with Gasteiger partial charge in [-0.3, -0.25) is 9.59 Å². The van der Waals surface area contributed by atoms with Crippen LogP contribution in [0.2, 0.25) is 0 Å². The van der Waals surface area contributed by atoms with Crippen molar-refractivity contribution in [2.45, 2.75) is 82.4 Å². The standard InChI is InChI=1S/C17H28N2O3/c20-16(18-13-3-1-2-4-13)7-8-17(21)19-14-9-10-22-15(11-14)12-5-6-12/h12-15H,1-11H2,(H,18,20)(H,19,21). The summed E-state index contributed by atoms with van der Waals surface area (Å²) in [6.45, 7) is 0.744. The van der Waals surface area contributed by atoms with Crippen LogP contribution < -0.4 is 10.6 Å². The first-order chi connectivity index (χ1) is 10.7. The molecule has 2 atom stereocenters. The SMILES string of the molecule is O=C(CCC(=O)NC1CCOC(C2CC2)C1)NC1CCCC1. The third kappa shape index (κ3) is 4.70. The van der Waals surface area contributed by atoms with Gasteiger partial charge >= 0.3 is 0 Å². The second kappa shape index (κ2) is 7.44. The summed E-state index contributed by atoms with van der Waals surface area (Å²) in [6, 6.07) is 0.565. The number of carbonyl (C=O) groups excluding carboxylic acids is 2. The van der Waals surface area contributed by atoms with E-state index in [1.807, 2.05) is 0 Å². The molecule has 0 bridgehead atoms. The molecule has 1 heterocycles. The van der Waals surface area contributed by atoms with E-state index in [1.165, 1.54) is 25.7 Å². The molecule has 2 aliphatic carbocycles. The first-order valence-corrected chi connectivity index (χ1v) is 8.91. The number of rotatable bonds is 6. The van der Waals surface area contributed by atoms with Crippen LogP contribution in [-0.2, 0) is 14.3 Å². The molecular weight excluding hydrogens is 280 g/mol. The minimum atomic E-state index is 0.00280. The number of amides is 2. The molecule has 3 aliphatic rings. The lowest BCUT2D eigenvalue weighted by Crippen LogP contribution is -2.43. The molecule has 1 aliphatic heterocycles. The van der Waals surface area contributed by atoms with Gasteiger partial charge in [-0.1, -0.05) is 12.8 Å². The summed E-state index contributed by atoms with van der Waals surface area (Å²) >= 11 is 0. The van der Waals surface area contributed by atoms with Crippen molar-refractivity contribution >= 4 is 11.8 Å². The third-order valence-corrected chi connectivity index (χ3v) is 5.13. The molecule has 0 aromatic heterocycles. The van der Waals surface area contributed by atoms with E-state index in [9.17, 15) is 9.59 Å². The summed E-state index contributed by atoms with van der Waals surface area (Å²) in [5, 5.41) is 6.11. The fraction of sp³-hybridized carbons (Fsp3) is 0.882. The second-order valence-electron chi connectivity index (χ2n) is 7.08. The van der Waals surface area contributed by atoms with Crippen molar-refractivity contribution in [1.82, 2.24) is 10.6 Å². The highest BCUT2D eigenvalue weighted by atomic mass is 16.5. The van der Waals surface area contributed by atoms with E-state index >= 15 is 0 Å². The molecule has 2 amide bonds. The van der Waals surface area contributed by atoms with E-state index in [-0.39, 0.29) is 17.9 Å². The molecule has 0 aromatic carbocycles. The highest BCUT2D eigenvalue weighted by molar-refractivity contribution is 5.84. The summed E-state index contributed by atoms with van der Waals surface area (Å²) in [6.07, 6.45) is 9.89. The summed E-state index contributed by atoms with van der Waals surface area (Å²) in [7, 11) is 0. The Morgan fingerprint density at radius 3 is 2.14 bits per heavy atom. The van der Waals surface area contributed by atoms with Crippen molar-refractivity contribution in [3.05, 3.63) is 0 Å². The predicted molar refractivity (Wildman–Crippen MR) is 83.3 cm³/mol. The molecule has 22 heavy (non-hydrogen) atoms. The minimum absolute atomic E-state index is 0.00280. The van der Waals surface area contributed by atoms with Gasteiger partial charge in [0.1, 0.15) is 0 Å². The first kappa shape index (κ1) is 15.8. The van der Waals surface area contributed by atoms with E-state index in [2.05, 4.69) is 10.6 Å². The Morgan fingerprint density at radius 1 is 0.864 bits per heavy atom. The lowest BCUT2D eigenvalue weighted by atomic mass is 10.00.